The topological polar surface area (TPSA) is 72.4 Å². The number of likely N-dealkylation sites (tertiary alicyclic amines) is 1. The van der Waals surface area contributed by atoms with Crippen molar-refractivity contribution in [2.24, 2.45) is 0 Å². The quantitative estimate of drug-likeness (QED) is 0.451. The third-order valence-corrected chi connectivity index (χ3v) is 5.58. The van der Waals surface area contributed by atoms with Crippen LogP contribution in [0.4, 0.5) is 0 Å². The number of carbonyl (C=O) groups is 2. The molecule has 0 spiro atoms. The molecule has 5 rings (SSSR count). The van der Waals surface area contributed by atoms with Crippen LogP contribution in [0.5, 0.6) is 5.88 Å². The number of ether oxygens (including phenoxy) is 1. The average molecular weight is 423 g/mol. The summed E-state index contributed by atoms with van der Waals surface area (Å²) in [6.45, 7) is 0.986. The van der Waals surface area contributed by atoms with E-state index in [4.69, 9.17) is 4.74 Å². The molecule has 0 saturated carbocycles. The van der Waals surface area contributed by atoms with Crippen LogP contribution in [-0.2, 0) is 0 Å². The molecule has 2 heterocycles. The minimum Gasteiger partial charge on any atom is -0.471 e. The Balaban J connectivity index is 1.31. The van der Waals surface area contributed by atoms with Gasteiger partial charge in [0.15, 0.2) is 5.78 Å². The summed E-state index contributed by atoms with van der Waals surface area (Å²) < 4.78 is 6.01. The minimum atomic E-state index is -0.175. The van der Waals surface area contributed by atoms with E-state index in [1.165, 1.54) is 0 Å². The number of hydrogen-bond acceptors (Lipinski definition) is 5. The van der Waals surface area contributed by atoms with Gasteiger partial charge in [-0.15, -0.1) is 0 Å². The van der Waals surface area contributed by atoms with E-state index in [9.17, 15) is 9.59 Å². The van der Waals surface area contributed by atoms with Crippen LogP contribution in [-0.4, -0.2) is 45.8 Å². The van der Waals surface area contributed by atoms with E-state index in [0.717, 1.165) is 11.0 Å². The lowest BCUT2D eigenvalue weighted by molar-refractivity contribution is 0.0767. The Labute approximate surface area is 185 Å². The van der Waals surface area contributed by atoms with Crippen molar-refractivity contribution < 1.29 is 14.3 Å². The molecule has 1 aromatic heterocycles. The lowest BCUT2D eigenvalue weighted by Crippen LogP contribution is -2.32. The summed E-state index contributed by atoms with van der Waals surface area (Å²) in [5, 5.41) is 0. The van der Waals surface area contributed by atoms with Gasteiger partial charge in [-0.25, -0.2) is 9.97 Å². The highest BCUT2D eigenvalue weighted by molar-refractivity contribution is 6.15. The van der Waals surface area contributed by atoms with Crippen molar-refractivity contribution in [3.05, 3.63) is 102 Å². The predicted octanol–water partition coefficient (Wildman–Crippen LogP) is 4.15. The Kier molecular flexibility index (Phi) is 5.34. The Bertz CT molecular complexity index is 1290. The molecule has 1 amide bonds. The largest absolute Gasteiger partial charge is 0.471 e. The number of aromatic nitrogens is 2. The molecule has 1 fully saturated rings. The molecule has 0 aliphatic carbocycles. The molecule has 4 aromatic rings. The molecule has 3 aromatic carbocycles. The minimum absolute atomic E-state index is 0.159. The van der Waals surface area contributed by atoms with Gasteiger partial charge in [0.25, 0.3) is 5.91 Å². The lowest BCUT2D eigenvalue weighted by Gasteiger charge is -2.18. The fourth-order valence-electron chi connectivity index (χ4n) is 3.96. The van der Waals surface area contributed by atoms with E-state index in [1.54, 1.807) is 47.5 Å². The number of fused-ring (bicyclic) bond motifs is 1. The molecule has 32 heavy (non-hydrogen) atoms. The molecular weight excluding hydrogens is 402 g/mol. The summed E-state index contributed by atoms with van der Waals surface area (Å²) in [6, 6.07) is 23.6. The lowest BCUT2D eigenvalue weighted by atomic mass is 9.97. The summed E-state index contributed by atoms with van der Waals surface area (Å²) in [4.78, 5) is 36.9. The number of rotatable bonds is 5. The number of nitrogens with zero attached hydrogens (tertiary/aromatic N) is 3. The van der Waals surface area contributed by atoms with Crippen molar-refractivity contribution in [3.8, 4) is 5.88 Å². The monoisotopic (exact) mass is 423 g/mol. The second kappa shape index (κ2) is 8.59. The SMILES string of the molecule is O=C(c1ccccc1)c1ccccc1C(=O)N1CCC(Oc2cnc3ccccc3n2)C1. The van der Waals surface area contributed by atoms with E-state index in [2.05, 4.69) is 9.97 Å². The number of benzene rings is 3. The fourth-order valence-corrected chi connectivity index (χ4v) is 3.96. The summed E-state index contributed by atoms with van der Waals surface area (Å²) in [5.41, 5.74) is 2.96. The standard InChI is InChI=1S/C26H21N3O3/c30-25(18-8-2-1-3-9-18)20-10-4-5-11-21(20)26(31)29-15-14-19(17-29)32-24-16-27-22-12-6-7-13-23(22)28-24/h1-13,16,19H,14-15,17H2. The first kappa shape index (κ1) is 19.9. The molecule has 6 nitrogen and oxygen atoms in total. The summed E-state index contributed by atoms with van der Waals surface area (Å²) in [5.74, 6) is 0.121. The third kappa shape index (κ3) is 3.95. The van der Waals surface area contributed by atoms with E-state index >= 15 is 0 Å². The highest BCUT2D eigenvalue weighted by atomic mass is 16.5. The van der Waals surface area contributed by atoms with Crippen molar-refractivity contribution in [1.29, 1.82) is 0 Å². The summed E-state index contributed by atoms with van der Waals surface area (Å²) >= 11 is 0. The Hall–Kier alpha value is -4.06. The maximum atomic E-state index is 13.3. The van der Waals surface area contributed by atoms with Crippen LogP contribution in [0, 0.1) is 0 Å². The van der Waals surface area contributed by atoms with E-state index in [-0.39, 0.29) is 17.8 Å². The molecule has 158 valence electrons. The zero-order valence-corrected chi connectivity index (χ0v) is 17.3. The molecule has 0 radical (unpaired) electrons. The zero-order chi connectivity index (χ0) is 21.9. The van der Waals surface area contributed by atoms with Gasteiger partial charge in [0.05, 0.1) is 29.3 Å². The average Bonchev–Trinajstić information content (AvgIpc) is 3.32. The van der Waals surface area contributed by atoms with Gasteiger partial charge in [0.1, 0.15) is 6.10 Å². The van der Waals surface area contributed by atoms with Gasteiger partial charge in [-0.3, -0.25) is 9.59 Å². The predicted molar refractivity (Wildman–Crippen MR) is 121 cm³/mol. The molecular formula is C26H21N3O3. The molecule has 1 atom stereocenters. The maximum Gasteiger partial charge on any atom is 0.254 e. The first-order valence-corrected chi connectivity index (χ1v) is 10.6. The maximum absolute atomic E-state index is 13.3. The van der Waals surface area contributed by atoms with Crippen LogP contribution < -0.4 is 4.74 Å². The van der Waals surface area contributed by atoms with Gasteiger partial charge in [0.2, 0.25) is 5.88 Å². The first-order valence-electron chi connectivity index (χ1n) is 10.6. The van der Waals surface area contributed by atoms with Crippen molar-refractivity contribution in [3.63, 3.8) is 0 Å². The van der Waals surface area contributed by atoms with Gasteiger partial charge < -0.3 is 9.64 Å². The van der Waals surface area contributed by atoms with E-state index < -0.39 is 0 Å². The fraction of sp³-hybridized carbons (Fsp3) is 0.154. The second-order valence-electron chi connectivity index (χ2n) is 7.72. The van der Waals surface area contributed by atoms with Crippen molar-refractivity contribution in [1.82, 2.24) is 14.9 Å². The number of para-hydroxylation sites is 2. The molecule has 1 unspecified atom stereocenters. The normalized spacial score (nSPS) is 15.6. The second-order valence-corrected chi connectivity index (χ2v) is 7.72. The molecule has 1 aliphatic rings. The Morgan fingerprint density at radius 1 is 0.844 bits per heavy atom. The van der Waals surface area contributed by atoms with E-state index in [1.807, 2.05) is 42.5 Å². The number of carbonyl (C=O) groups excluding carboxylic acids is 2. The van der Waals surface area contributed by atoms with Crippen LogP contribution in [0.15, 0.2) is 85.1 Å². The number of ketones is 1. The molecule has 1 saturated heterocycles. The van der Waals surface area contributed by atoms with Crippen molar-refractivity contribution in [2.75, 3.05) is 13.1 Å². The van der Waals surface area contributed by atoms with Crippen LogP contribution in [0.3, 0.4) is 0 Å². The highest BCUT2D eigenvalue weighted by Crippen LogP contribution is 2.22. The van der Waals surface area contributed by atoms with Gasteiger partial charge in [-0.2, -0.15) is 0 Å². The van der Waals surface area contributed by atoms with Gasteiger partial charge >= 0.3 is 0 Å². The highest BCUT2D eigenvalue weighted by Gasteiger charge is 2.30. The zero-order valence-electron chi connectivity index (χ0n) is 17.3. The van der Waals surface area contributed by atoms with E-state index in [0.29, 0.717) is 42.1 Å². The molecule has 1 aliphatic heterocycles. The van der Waals surface area contributed by atoms with Crippen molar-refractivity contribution in [2.45, 2.75) is 12.5 Å². The Morgan fingerprint density at radius 2 is 1.53 bits per heavy atom. The summed E-state index contributed by atoms with van der Waals surface area (Å²) in [7, 11) is 0. The van der Waals surface area contributed by atoms with Gasteiger partial charge in [-0.1, -0.05) is 60.7 Å². The van der Waals surface area contributed by atoms with Crippen LogP contribution >= 0.6 is 0 Å². The molecule has 0 N–H and O–H groups in total. The third-order valence-electron chi connectivity index (χ3n) is 5.58. The smallest absolute Gasteiger partial charge is 0.254 e. The Morgan fingerprint density at radius 3 is 2.34 bits per heavy atom. The van der Waals surface area contributed by atoms with Crippen LogP contribution in [0.2, 0.25) is 0 Å². The molecule has 0 bridgehead atoms. The van der Waals surface area contributed by atoms with Crippen LogP contribution in [0.1, 0.15) is 32.7 Å². The number of hydrogen-bond donors (Lipinski definition) is 0. The first-order chi connectivity index (χ1) is 15.7. The summed E-state index contributed by atoms with van der Waals surface area (Å²) in [6.07, 6.45) is 2.13. The molecule has 6 heteroatoms. The number of amides is 1. The van der Waals surface area contributed by atoms with Gasteiger partial charge in [0, 0.05) is 24.1 Å². The van der Waals surface area contributed by atoms with Gasteiger partial charge in [-0.05, 0) is 18.2 Å². The van der Waals surface area contributed by atoms with Crippen LogP contribution in [0.25, 0.3) is 11.0 Å². The van der Waals surface area contributed by atoms with Crippen molar-refractivity contribution >= 4 is 22.7 Å².